The van der Waals surface area contributed by atoms with E-state index in [0.29, 0.717) is 0 Å². The predicted molar refractivity (Wildman–Crippen MR) is 75.1 cm³/mol. The number of nitrogens with zero attached hydrogens (tertiary/aromatic N) is 1. The number of benzene rings is 1. The Kier molecular flexibility index (Phi) is 5.01. The third-order valence-electron chi connectivity index (χ3n) is 3.58. The zero-order valence-corrected chi connectivity index (χ0v) is 11.6. The van der Waals surface area contributed by atoms with Crippen LogP contribution >= 0.6 is 11.6 Å². The Hall–Kier alpha value is -0.610. The fraction of sp³-hybridized carbons (Fsp3) is 0.571. The summed E-state index contributed by atoms with van der Waals surface area (Å²) in [4.78, 5) is 2.36. The summed E-state index contributed by atoms with van der Waals surface area (Å²) in [7, 11) is 0. The Bertz CT molecular complexity index is 389. The van der Waals surface area contributed by atoms with Crippen LogP contribution in [0, 0.1) is 6.92 Å². The third-order valence-corrected chi connectivity index (χ3v) is 3.81. The maximum absolute atomic E-state index is 9.72. The van der Waals surface area contributed by atoms with E-state index in [1.165, 1.54) is 5.56 Å². The van der Waals surface area contributed by atoms with Gasteiger partial charge in [-0.25, -0.2) is 0 Å². The lowest BCUT2D eigenvalue weighted by molar-refractivity contribution is 0.129. The zero-order valence-electron chi connectivity index (χ0n) is 10.8. The van der Waals surface area contributed by atoms with Gasteiger partial charge in [-0.15, -0.1) is 0 Å². The first kappa shape index (κ1) is 13.8. The molecule has 0 spiro atoms. The normalized spacial score (nSPS) is 19.5. The van der Waals surface area contributed by atoms with E-state index in [0.717, 1.165) is 43.2 Å². The van der Waals surface area contributed by atoms with Gasteiger partial charge in [0.1, 0.15) is 0 Å². The maximum atomic E-state index is 9.72. The second-order valence-corrected chi connectivity index (χ2v) is 5.28. The molecule has 3 nitrogen and oxygen atoms in total. The Morgan fingerprint density at radius 2 is 2.22 bits per heavy atom. The minimum Gasteiger partial charge on any atom is -0.394 e. The van der Waals surface area contributed by atoms with Gasteiger partial charge in [0.05, 0.1) is 12.6 Å². The van der Waals surface area contributed by atoms with Crippen LogP contribution in [0.2, 0.25) is 5.02 Å². The zero-order chi connectivity index (χ0) is 13.0. The molecule has 1 heterocycles. The molecule has 0 bridgehead atoms. The molecule has 100 valence electrons. The van der Waals surface area contributed by atoms with Gasteiger partial charge in [0.25, 0.3) is 0 Å². The molecule has 0 radical (unpaired) electrons. The molecular formula is C14H21ClN2O. The fourth-order valence-corrected chi connectivity index (χ4v) is 2.83. The van der Waals surface area contributed by atoms with Gasteiger partial charge in [-0.05, 0) is 43.1 Å². The first-order chi connectivity index (χ1) is 8.72. The van der Waals surface area contributed by atoms with Gasteiger partial charge in [0.15, 0.2) is 0 Å². The fourth-order valence-electron chi connectivity index (χ4n) is 2.60. The van der Waals surface area contributed by atoms with Crippen molar-refractivity contribution in [2.45, 2.75) is 19.4 Å². The highest BCUT2D eigenvalue weighted by Gasteiger charge is 2.21. The molecule has 4 heteroatoms. The largest absolute Gasteiger partial charge is 0.394 e. The second kappa shape index (κ2) is 6.53. The molecule has 1 aromatic rings. The van der Waals surface area contributed by atoms with Crippen LogP contribution in [0.15, 0.2) is 18.2 Å². The molecule has 2 rings (SSSR count). The van der Waals surface area contributed by atoms with E-state index in [-0.39, 0.29) is 12.6 Å². The topological polar surface area (TPSA) is 35.5 Å². The molecule has 0 amide bonds. The maximum Gasteiger partial charge on any atom is 0.0628 e. The van der Waals surface area contributed by atoms with Gasteiger partial charge in [0, 0.05) is 24.7 Å². The highest BCUT2D eigenvalue weighted by atomic mass is 35.5. The second-order valence-electron chi connectivity index (χ2n) is 4.84. The molecule has 2 N–H and O–H groups in total. The van der Waals surface area contributed by atoms with Crippen LogP contribution in [0.25, 0.3) is 0 Å². The summed E-state index contributed by atoms with van der Waals surface area (Å²) >= 11 is 5.99. The summed E-state index contributed by atoms with van der Waals surface area (Å²) in [6, 6.07) is 6.00. The first-order valence-electron chi connectivity index (χ1n) is 6.54. The van der Waals surface area contributed by atoms with Crippen molar-refractivity contribution < 1.29 is 5.11 Å². The summed E-state index contributed by atoms with van der Waals surface area (Å²) in [5, 5.41) is 13.9. The van der Waals surface area contributed by atoms with Crippen molar-refractivity contribution >= 4 is 11.6 Å². The molecule has 1 aliphatic heterocycles. The van der Waals surface area contributed by atoms with Gasteiger partial charge in [-0.2, -0.15) is 0 Å². The summed E-state index contributed by atoms with van der Waals surface area (Å²) in [6.45, 7) is 6.27. The Morgan fingerprint density at radius 1 is 1.39 bits per heavy atom. The van der Waals surface area contributed by atoms with Crippen LogP contribution < -0.4 is 5.32 Å². The SMILES string of the molecule is Cc1cc(Cl)ccc1C(CO)N1CCCNCC1. The average Bonchev–Trinajstić information content (AvgIpc) is 2.62. The van der Waals surface area contributed by atoms with Crippen molar-refractivity contribution in [1.29, 1.82) is 0 Å². The number of aliphatic hydroxyl groups is 1. The van der Waals surface area contributed by atoms with Crippen LogP contribution in [0.5, 0.6) is 0 Å². The molecular weight excluding hydrogens is 248 g/mol. The summed E-state index contributed by atoms with van der Waals surface area (Å²) in [5.41, 5.74) is 2.34. The molecule has 1 fully saturated rings. The lowest BCUT2D eigenvalue weighted by atomic mass is 10.0. The first-order valence-corrected chi connectivity index (χ1v) is 6.92. The molecule has 1 atom stereocenters. The molecule has 18 heavy (non-hydrogen) atoms. The number of hydrogen-bond donors (Lipinski definition) is 2. The van der Waals surface area contributed by atoms with Gasteiger partial charge in [-0.3, -0.25) is 4.90 Å². The molecule has 1 saturated heterocycles. The van der Waals surface area contributed by atoms with Gasteiger partial charge >= 0.3 is 0 Å². The highest BCUT2D eigenvalue weighted by molar-refractivity contribution is 6.30. The standard InChI is InChI=1S/C14H21ClN2O/c1-11-9-12(15)3-4-13(11)14(10-18)17-7-2-5-16-6-8-17/h3-4,9,14,16,18H,2,5-8,10H2,1H3. The minimum absolute atomic E-state index is 0.0853. The monoisotopic (exact) mass is 268 g/mol. The van der Waals surface area contributed by atoms with E-state index in [4.69, 9.17) is 11.6 Å². The van der Waals surface area contributed by atoms with Crippen LogP contribution in [-0.4, -0.2) is 42.8 Å². The van der Waals surface area contributed by atoms with Crippen molar-refractivity contribution in [1.82, 2.24) is 10.2 Å². The van der Waals surface area contributed by atoms with E-state index >= 15 is 0 Å². The Morgan fingerprint density at radius 3 is 2.94 bits per heavy atom. The van der Waals surface area contributed by atoms with E-state index < -0.39 is 0 Å². The van der Waals surface area contributed by atoms with E-state index in [9.17, 15) is 5.11 Å². The molecule has 1 unspecified atom stereocenters. The third kappa shape index (κ3) is 3.23. The Balaban J connectivity index is 2.20. The molecule has 0 aromatic heterocycles. The smallest absolute Gasteiger partial charge is 0.0628 e. The highest BCUT2D eigenvalue weighted by Crippen LogP contribution is 2.26. The summed E-state index contributed by atoms with van der Waals surface area (Å²) in [6.07, 6.45) is 1.13. The quantitative estimate of drug-likeness (QED) is 0.880. The number of aliphatic hydroxyl groups excluding tert-OH is 1. The summed E-state index contributed by atoms with van der Waals surface area (Å²) < 4.78 is 0. The van der Waals surface area contributed by atoms with Crippen LogP contribution in [0.1, 0.15) is 23.6 Å². The Labute approximate surface area is 114 Å². The lowest BCUT2D eigenvalue weighted by Crippen LogP contribution is -2.34. The van der Waals surface area contributed by atoms with E-state index in [2.05, 4.69) is 17.1 Å². The van der Waals surface area contributed by atoms with Crippen molar-refractivity contribution in [3.05, 3.63) is 34.3 Å². The molecule has 1 aliphatic rings. The summed E-state index contributed by atoms with van der Waals surface area (Å²) in [5.74, 6) is 0. The van der Waals surface area contributed by atoms with Crippen molar-refractivity contribution in [3.63, 3.8) is 0 Å². The van der Waals surface area contributed by atoms with Crippen molar-refractivity contribution in [2.24, 2.45) is 0 Å². The molecule has 1 aromatic carbocycles. The number of hydrogen-bond acceptors (Lipinski definition) is 3. The van der Waals surface area contributed by atoms with Crippen LogP contribution in [0.4, 0.5) is 0 Å². The van der Waals surface area contributed by atoms with Crippen molar-refractivity contribution in [3.8, 4) is 0 Å². The molecule has 0 saturated carbocycles. The average molecular weight is 269 g/mol. The van der Waals surface area contributed by atoms with E-state index in [1.54, 1.807) is 0 Å². The van der Waals surface area contributed by atoms with Gasteiger partial charge in [-0.1, -0.05) is 17.7 Å². The number of nitrogens with one attached hydrogen (secondary N) is 1. The van der Waals surface area contributed by atoms with Crippen LogP contribution in [0.3, 0.4) is 0 Å². The lowest BCUT2D eigenvalue weighted by Gasteiger charge is -2.30. The van der Waals surface area contributed by atoms with E-state index in [1.807, 2.05) is 18.2 Å². The van der Waals surface area contributed by atoms with Crippen LogP contribution in [-0.2, 0) is 0 Å². The molecule has 0 aliphatic carbocycles. The van der Waals surface area contributed by atoms with Gasteiger partial charge < -0.3 is 10.4 Å². The van der Waals surface area contributed by atoms with Crippen molar-refractivity contribution in [2.75, 3.05) is 32.8 Å². The number of halogens is 1. The predicted octanol–water partition coefficient (Wildman–Crippen LogP) is 1.98. The number of rotatable bonds is 3. The van der Waals surface area contributed by atoms with Gasteiger partial charge in [0.2, 0.25) is 0 Å². The number of aryl methyl sites for hydroxylation is 1. The minimum atomic E-state index is 0.0853.